The molecule has 0 amide bonds. The first-order chi connectivity index (χ1) is 8.47. The van der Waals surface area contributed by atoms with Crippen LogP contribution in [0.4, 0.5) is 8.78 Å². The van der Waals surface area contributed by atoms with E-state index in [1.54, 1.807) is 18.0 Å². The maximum atomic E-state index is 12.5. The number of halogens is 3. The van der Waals surface area contributed by atoms with Gasteiger partial charge in [-0.05, 0) is 25.1 Å². The zero-order valence-corrected chi connectivity index (χ0v) is 11.4. The van der Waals surface area contributed by atoms with E-state index < -0.39 is 6.43 Å². The van der Waals surface area contributed by atoms with Gasteiger partial charge in [-0.1, -0.05) is 36.7 Å². The number of hydrogen-bond donors (Lipinski definition) is 1. The first kappa shape index (κ1) is 15.3. The normalized spacial score (nSPS) is 15.1. The van der Waals surface area contributed by atoms with Crippen molar-refractivity contribution in [1.29, 1.82) is 0 Å². The molecule has 1 aromatic rings. The van der Waals surface area contributed by atoms with Crippen molar-refractivity contribution in [2.75, 3.05) is 13.6 Å². The van der Waals surface area contributed by atoms with Gasteiger partial charge in [0.15, 0.2) is 0 Å². The minimum Gasteiger partial charge on any atom is -0.326 e. The minimum atomic E-state index is -2.39. The molecule has 0 saturated heterocycles. The van der Waals surface area contributed by atoms with Gasteiger partial charge in [0.05, 0.1) is 12.6 Å². The summed E-state index contributed by atoms with van der Waals surface area (Å²) >= 11 is 6.13. The van der Waals surface area contributed by atoms with Gasteiger partial charge < -0.3 is 5.73 Å². The van der Waals surface area contributed by atoms with Crippen molar-refractivity contribution in [3.05, 3.63) is 34.9 Å². The van der Waals surface area contributed by atoms with Gasteiger partial charge in [-0.2, -0.15) is 0 Å². The van der Waals surface area contributed by atoms with Gasteiger partial charge >= 0.3 is 0 Å². The average Bonchev–Trinajstić information content (AvgIpc) is 2.30. The van der Waals surface area contributed by atoms with Crippen LogP contribution in [0.5, 0.6) is 0 Å². The van der Waals surface area contributed by atoms with E-state index in [2.05, 4.69) is 0 Å². The molecule has 0 aliphatic rings. The van der Waals surface area contributed by atoms with E-state index >= 15 is 0 Å². The fraction of sp³-hybridized carbons (Fsp3) is 0.538. The van der Waals surface area contributed by atoms with E-state index in [1.165, 1.54) is 0 Å². The summed E-state index contributed by atoms with van der Waals surface area (Å²) in [7, 11) is 1.65. The smallest absolute Gasteiger partial charge is 0.251 e. The van der Waals surface area contributed by atoms with Gasteiger partial charge in [0.25, 0.3) is 6.43 Å². The lowest BCUT2D eigenvalue weighted by atomic mass is 9.96. The summed E-state index contributed by atoms with van der Waals surface area (Å²) in [4.78, 5) is 1.57. The Morgan fingerprint density at radius 3 is 2.44 bits per heavy atom. The SMILES string of the molecule is CCC(N)C(c1ccccc1Cl)N(C)CC(F)F. The third-order valence-corrected chi connectivity index (χ3v) is 3.35. The molecule has 1 aromatic carbocycles. The largest absolute Gasteiger partial charge is 0.326 e. The van der Waals surface area contributed by atoms with Gasteiger partial charge in [0.1, 0.15) is 0 Å². The molecule has 102 valence electrons. The van der Waals surface area contributed by atoms with Crippen LogP contribution in [-0.2, 0) is 0 Å². The lowest BCUT2D eigenvalue weighted by Gasteiger charge is -2.33. The molecule has 0 aliphatic carbocycles. The summed E-state index contributed by atoms with van der Waals surface area (Å²) in [5, 5.41) is 0.563. The number of nitrogens with zero attached hydrogens (tertiary/aromatic N) is 1. The van der Waals surface area contributed by atoms with Crippen molar-refractivity contribution >= 4 is 11.6 Å². The predicted molar refractivity (Wildman–Crippen MR) is 71.1 cm³/mol. The Balaban J connectivity index is 3.02. The Morgan fingerprint density at radius 1 is 1.33 bits per heavy atom. The minimum absolute atomic E-state index is 0.228. The van der Waals surface area contributed by atoms with Crippen molar-refractivity contribution in [2.45, 2.75) is 31.9 Å². The third-order valence-electron chi connectivity index (χ3n) is 3.00. The molecular weight excluding hydrogens is 258 g/mol. The van der Waals surface area contributed by atoms with Crippen molar-refractivity contribution in [3.8, 4) is 0 Å². The van der Waals surface area contributed by atoms with Crippen LogP contribution in [0, 0.1) is 0 Å². The second kappa shape index (κ2) is 7.02. The first-order valence-electron chi connectivity index (χ1n) is 5.95. The monoisotopic (exact) mass is 276 g/mol. The fourth-order valence-corrected chi connectivity index (χ4v) is 2.31. The molecule has 0 fully saturated rings. The van der Waals surface area contributed by atoms with E-state index in [0.29, 0.717) is 11.4 Å². The second-order valence-electron chi connectivity index (χ2n) is 4.37. The van der Waals surface area contributed by atoms with E-state index in [1.807, 2.05) is 25.1 Å². The molecule has 2 nitrogen and oxygen atoms in total. The molecule has 2 N–H and O–H groups in total. The molecule has 0 saturated carbocycles. The number of benzene rings is 1. The molecule has 1 rings (SSSR count). The van der Waals surface area contributed by atoms with Crippen molar-refractivity contribution in [1.82, 2.24) is 4.90 Å². The standard InChI is InChI=1S/C13H19ClF2N2/c1-3-11(17)13(18(2)8-12(15)16)9-6-4-5-7-10(9)14/h4-7,11-13H,3,8,17H2,1-2H3. The molecule has 0 aliphatic heterocycles. The zero-order valence-electron chi connectivity index (χ0n) is 10.6. The molecule has 0 aromatic heterocycles. The fourth-order valence-electron chi connectivity index (χ4n) is 2.06. The Morgan fingerprint density at radius 2 is 1.94 bits per heavy atom. The van der Waals surface area contributed by atoms with E-state index in [0.717, 1.165) is 5.56 Å². The molecule has 5 heteroatoms. The molecule has 0 heterocycles. The highest BCUT2D eigenvalue weighted by atomic mass is 35.5. The summed E-state index contributed by atoms with van der Waals surface area (Å²) in [6.45, 7) is 1.62. The van der Waals surface area contributed by atoms with Crippen molar-refractivity contribution < 1.29 is 8.78 Å². The highest BCUT2D eigenvalue weighted by Crippen LogP contribution is 2.30. The van der Waals surface area contributed by atoms with Crippen LogP contribution >= 0.6 is 11.6 Å². The summed E-state index contributed by atoms with van der Waals surface area (Å²) < 4.78 is 25.0. The zero-order chi connectivity index (χ0) is 13.7. The quantitative estimate of drug-likeness (QED) is 0.864. The van der Waals surface area contributed by atoms with Gasteiger partial charge in [-0.25, -0.2) is 8.78 Å². The van der Waals surface area contributed by atoms with E-state index in [-0.39, 0.29) is 18.6 Å². The number of alkyl halides is 2. The molecule has 0 bridgehead atoms. The van der Waals surface area contributed by atoms with E-state index in [9.17, 15) is 8.78 Å². The van der Waals surface area contributed by atoms with Gasteiger partial charge in [-0.3, -0.25) is 4.90 Å². The second-order valence-corrected chi connectivity index (χ2v) is 4.78. The predicted octanol–water partition coefficient (Wildman–Crippen LogP) is 3.32. The van der Waals surface area contributed by atoms with Crippen molar-refractivity contribution in [3.63, 3.8) is 0 Å². The van der Waals surface area contributed by atoms with Crippen LogP contribution in [-0.4, -0.2) is 31.0 Å². The summed E-state index contributed by atoms with van der Waals surface area (Å²) in [6.07, 6.45) is -1.69. The molecule has 0 radical (unpaired) electrons. The van der Waals surface area contributed by atoms with Crippen LogP contribution in [0.1, 0.15) is 24.9 Å². The maximum absolute atomic E-state index is 12.5. The molecule has 2 atom stereocenters. The van der Waals surface area contributed by atoms with Crippen LogP contribution in [0.15, 0.2) is 24.3 Å². The van der Waals surface area contributed by atoms with Crippen LogP contribution in [0.25, 0.3) is 0 Å². The molecular formula is C13H19ClF2N2. The van der Waals surface area contributed by atoms with Gasteiger partial charge in [-0.15, -0.1) is 0 Å². The number of hydrogen-bond acceptors (Lipinski definition) is 2. The number of likely N-dealkylation sites (N-methyl/N-ethyl adjacent to an activating group) is 1. The Kier molecular flexibility index (Phi) is 5.99. The topological polar surface area (TPSA) is 29.3 Å². The lowest BCUT2D eigenvalue weighted by Crippen LogP contribution is -2.40. The Labute approximate surface area is 112 Å². The highest BCUT2D eigenvalue weighted by molar-refractivity contribution is 6.31. The average molecular weight is 277 g/mol. The maximum Gasteiger partial charge on any atom is 0.251 e. The molecule has 18 heavy (non-hydrogen) atoms. The highest BCUT2D eigenvalue weighted by Gasteiger charge is 2.26. The van der Waals surface area contributed by atoms with Crippen LogP contribution < -0.4 is 5.73 Å². The summed E-state index contributed by atoms with van der Waals surface area (Å²) in [5.41, 5.74) is 6.85. The Bertz CT molecular complexity index is 374. The molecule has 0 spiro atoms. The first-order valence-corrected chi connectivity index (χ1v) is 6.33. The third kappa shape index (κ3) is 3.90. The lowest BCUT2D eigenvalue weighted by molar-refractivity contribution is 0.0735. The summed E-state index contributed by atoms with van der Waals surface area (Å²) in [6, 6.07) is 6.72. The van der Waals surface area contributed by atoms with E-state index in [4.69, 9.17) is 17.3 Å². The van der Waals surface area contributed by atoms with Gasteiger partial charge in [0.2, 0.25) is 0 Å². The summed E-state index contributed by atoms with van der Waals surface area (Å²) in [5.74, 6) is 0. The van der Waals surface area contributed by atoms with Crippen LogP contribution in [0.2, 0.25) is 5.02 Å². The number of nitrogens with two attached hydrogens (primary N) is 1. The van der Waals surface area contributed by atoms with Gasteiger partial charge in [0, 0.05) is 11.1 Å². The van der Waals surface area contributed by atoms with Crippen molar-refractivity contribution in [2.24, 2.45) is 5.73 Å². The number of rotatable bonds is 6. The van der Waals surface area contributed by atoms with Crippen LogP contribution in [0.3, 0.4) is 0 Å². The Hall–Kier alpha value is -0.710. The molecule has 2 unspecified atom stereocenters.